The number of aliphatic imine (C=N–C) groups is 1. The predicted molar refractivity (Wildman–Crippen MR) is 110 cm³/mol. The quantitative estimate of drug-likeness (QED) is 0.701. The van der Waals surface area contributed by atoms with Gasteiger partial charge in [0.2, 0.25) is 0 Å². The second kappa shape index (κ2) is 7.95. The van der Waals surface area contributed by atoms with Crippen LogP contribution in [0.3, 0.4) is 0 Å². The number of amidine groups is 1. The van der Waals surface area contributed by atoms with Crippen LogP contribution in [0.2, 0.25) is 0 Å². The van der Waals surface area contributed by atoms with Crippen LogP contribution in [0, 0.1) is 0 Å². The average molecular weight is 426 g/mol. The number of hydrazine groups is 1. The van der Waals surface area contributed by atoms with Crippen molar-refractivity contribution in [1.82, 2.24) is 19.7 Å². The third kappa shape index (κ3) is 3.59. The van der Waals surface area contributed by atoms with Gasteiger partial charge in [0.15, 0.2) is 11.5 Å². The van der Waals surface area contributed by atoms with Gasteiger partial charge >= 0.3 is 0 Å². The number of nitrogens with zero attached hydrogens (tertiary/aromatic N) is 6. The molecule has 0 radical (unpaired) electrons. The minimum Gasteiger partial charge on any atom is -0.378 e. The van der Waals surface area contributed by atoms with Gasteiger partial charge < -0.3 is 9.64 Å². The number of benzene rings is 1. The van der Waals surface area contributed by atoms with E-state index in [1.807, 2.05) is 18.4 Å². The van der Waals surface area contributed by atoms with Crippen molar-refractivity contribution < 1.29 is 18.3 Å². The molecule has 0 saturated carbocycles. The van der Waals surface area contributed by atoms with E-state index in [0.29, 0.717) is 42.5 Å². The molecular formula is C21H20F2N6O2. The number of hydrogen-bond acceptors (Lipinski definition) is 7. The summed E-state index contributed by atoms with van der Waals surface area (Å²) in [7, 11) is 0. The van der Waals surface area contributed by atoms with Crippen molar-refractivity contribution in [2.45, 2.75) is 6.43 Å². The third-order valence-electron chi connectivity index (χ3n) is 5.37. The molecule has 1 aromatic heterocycles. The van der Waals surface area contributed by atoms with Crippen LogP contribution in [0.25, 0.3) is 5.69 Å². The van der Waals surface area contributed by atoms with Gasteiger partial charge in [-0.25, -0.2) is 23.5 Å². The molecule has 1 saturated heterocycles. The van der Waals surface area contributed by atoms with Crippen LogP contribution < -0.4 is 5.01 Å². The first-order valence-corrected chi connectivity index (χ1v) is 9.94. The molecule has 5 rings (SSSR count). The Kier molecular flexibility index (Phi) is 4.99. The summed E-state index contributed by atoms with van der Waals surface area (Å²) in [4.78, 5) is 17.7. The zero-order chi connectivity index (χ0) is 21.4. The van der Waals surface area contributed by atoms with Crippen molar-refractivity contribution in [3.63, 3.8) is 0 Å². The van der Waals surface area contributed by atoms with Gasteiger partial charge in [0.05, 0.1) is 31.6 Å². The van der Waals surface area contributed by atoms with Gasteiger partial charge in [0.25, 0.3) is 6.43 Å². The number of anilines is 1. The lowest BCUT2D eigenvalue weighted by Gasteiger charge is -2.34. The Hall–Kier alpha value is -3.53. The van der Waals surface area contributed by atoms with Crippen LogP contribution in [-0.4, -0.2) is 64.7 Å². The Morgan fingerprint density at radius 2 is 1.90 bits per heavy atom. The van der Waals surface area contributed by atoms with E-state index in [4.69, 9.17) is 9.73 Å². The van der Waals surface area contributed by atoms with Crippen LogP contribution in [0.1, 0.15) is 22.5 Å². The normalized spacial score (nSPS) is 18.4. The van der Waals surface area contributed by atoms with Gasteiger partial charge in [-0.05, 0) is 36.4 Å². The van der Waals surface area contributed by atoms with Gasteiger partial charge in [-0.1, -0.05) is 0 Å². The molecule has 4 heterocycles. The zero-order valence-electron chi connectivity index (χ0n) is 16.6. The lowest BCUT2D eigenvalue weighted by atomic mass is 10.2. The van der Waals surface area contributed by atoms with Crippen LogP contribution in [0.15, 0.2) is 59.6 Å². The fourth-order valence-electron chi connectivity index (χ4n) is 3.77. The summed E-state index contributed by atoms with van der Waals surface area (Å²) in [6.07, 6.45) is 5.18. The molecular weight excluding hydrogens is 406 g/mol. The number of hydrogen-bond donors (Lipinski definition) is 0. The maximum absolute atomic E-state index is 13.8. The van der Waals surface area contributed by atoms with Crippen molar-refractivity contribution in [2.75, 3.05) is 37.9 Å². The van der Waals surface area contributed by atoms with Crippen molar-refractivity contribution in [1.29, 1.82) is 0 Å². The lowest BCUT2D eigenvalue weighted by molar-refractivity contribution is 0.0682. The standard InChI is InChI=1S/C21H20F2N6O2/c22-21(23)20-17(13-27(25-20)16-3-1-15(14-30)2-4-16)28-7-6-19-24-18(5-8-29(19)28)26-9-11-31-12-10-26/h1-6,8,13-14,21H,7,9-12H2. The maximum atomic E-state index is 13.8. The number of carbonyl (C=O) groups is 1. The molecule has 8 nitrogen and oxygen atoms in total. The molecule has 0 unspecified atom stereocenters. The van der Waals surface area contributed by atoms with Crippen LogP contribution in [0.5, 0.6) is 0 Å². The minimum atomic E-state index is -2.74. The highest BCUT2D eigenvalue weighted by Gasteiger charge is 2.32. The third-order valence-corrected chi connectivity index (χ3v) is 5.37. The Labute approximate surface area is 177 Å². The highest BCUT2D eigenvalue weighted by atomic mass is 19.3. The van der Waals surface area contributed by atoms with Crippen LogP contribution in [-0.2, 0) is 4.74 Å². The summed E-state index contributed by atoms with van der Waals surface area (Å²) in [5, 5.41) is 7.59. The van der Waals surface area contributed by atoms with Crippen LogP contribution >= 0.6 is 0 Å². The maximum Gasteiger partial charge on any atom is 0.284 e. The number of rotatable bonds is 4. The highest BCUT2D eigenvalue weighted by molar-refractivity contribution is 5.94. The molecule has 160 valence electrons. The number of ether oxygens (including phenoxy) is 1. The number of aromatic nitrogens is 2. The molecule has 31 heavy (non-hydrogen) atoms. The van der Waals surface area contributed by atoms with E-state index in [0.717, 1.165) is 25.2 Å². The molecule has 0 amide bonds. The summed E-state index contributed by atoms with van der Waals surface area (Å²) < 4.78 is 34.4. The smallest absolute Gasteiger partial charge is 0.284 e. The number of alkyl halides is 2. The molecule has 3 aliphatic heterocycles. The molecule has 2 aromatic rings. The van der Waals surface area contributed by atoms with E-state index in [-0.39, 0.29) is 5.69 Å². The van der Waals surface area contributed by atoms with E-state index < -0.39 is 6.43 Å². The van der Waals surface area contributed by atoms with Crippen LogP contribution in [0.4, 0.5) is 14.5 Å². The number of morpholine rings is 1. The van der Waals surface area contributed by atoms with Crippen molar-refractivity contribution in [2.24, 2.45) is 4.99 Å². The lowest BCUT2D eigenvalue weighted by Crippen LogP contribution is -2.42. The summed E-state index contributed by atoms with van der Waals surface area (Å²) in [6.45, 7) is 3.25. The summed E-state index contributed by atoms with van der Waals surface area (Å²) >= 11 is 0. The first-order chi connectivity index (χ1) is 15.1. The molecule has 1 aromatic carbocycles. The first kappa shape index (κ1) is 19.4. The van der Waals surface area contributed by atoms with E-state index in [9.17, 15) is 13.6 Å². The monoisotopic (exact) mass is 426 g/mol. The molecule has 0 spiro atoms. The number of halogens is 2. The highest BCUT2D eigenvalue weighted by Crippen LogP contribution is 2.35. The SMILES string of the molecule is O=Cc1ccc(-n2cc(N3CC=C4N=C(N5CCOCC5)C=CN43)c(C(F)F)n2)cc1. The van der Waals surface area contributed by atoms with Crippen molar-refractivity contribution >= 4 is 17.8 Å². The van der Waals surface area contributed by atoms with E-state index in [1.54, 1.807) is 40.5 Å². The molecule has 0 atom stereocenters. The molecule has 0 aliphatic carbocycles. The molecule has 10 heteroatoms. The van der Waals surface area contributed by atoms with Gasteiger partial charge in [-0.2, -0.15) is 5.10 Å². The number of carbonyl (C=O) groups excluding carboxylic acids is 1. The second-order valence-electron chi connectivity index (χ2n) is 7.23. The van der Waals surface area contributed by atoms with Gasteiger partial charge in [-0.15, -0.1) is 0 Å². The fraction of sp³-hybridized carbons (Fsp3) is 0.286. The fourth-order valence-corrected chi connectivity index (χ4v) is 3.77. The molecule has 0 bridgehead atoms. The molecule has 0 N–H and O–H groups in total. The number of fused-ring (bicyclic) bond motifs is 1. The summed E-state index contributed by atoms with van der Waals surface area (Å²) in [6, 6.07) is 6.58. The van der Waals surface area contributed by atoms with E-state index in [1.165, 1.54) is 4.68 Å². The summed E-state index contributed by atoms with van der Waals surface area (Å²) in [5.74, 6) is 1.53. The van der Waals surface area contributed by atoms with E-state index in [2.05, 4.69) is 10.00 Å². The van der Waals surface area contributed by atoms with E-state index >= 15 is 0 Å². The Bertz CT molecular complexity index is 1070. The van der Waals surface area contributed by atoms with Crippen molar-refractivity contribution in [3.05, 3.63) is 65.9 Å². The Balaban J connectivity index is 1.42. The molecule has 1 fully saturated rings. The number of aldehydes is 1. The predicted octanol–water partition coefficient (Wildman–Crippen LogP) is 2.76. The average Bonchev–Trinajstić information content (AvgIpc) is 3.44. The summed E-state index contributed by atoms with van der Waals surface area (Å²) in [5.41, 5.74) is 1.08. The Morgan fingerprint density at radius 3 is 2.61 bits per heavy atom. The topological polar surface area (TPSA) is 66.2 Å². The second-order valence-corrected chi connectivity index (χ2v) is 7.23. The minimum absolute atomic E-state index is 0.301. The zero-order valence-corrected chi connectivity index (χ0v) is 16.6. The molecule has 3 aliphatic rings. The van der Waals surface area contributed by atoms with Gasteiger partial charge in [0.1, 0.15) is 17.8 Å². The first-order valence-electron chi connectivity index (χ1n) is 9.94. The van der Waals surface area contributed by atoms with Gasteiger partial charge in [-0.3, -0.25) is 9.80 Å². The largest absolute Gasteiger partial charge is 0.378 e. The van der Waals surface area contributed by atoms with Crippen molar-refractivity contribution in [3.8, 4) is 5.69 Å². The Morgan fingerprint density at radius 1 is 1.13 bits per heavy atom. The van der Waals surface area contributed by atoms with Gasteiger partial charge in [0, 0.05) is 24.9 Å².